The number of hydrogen-bond acceptors (Lipinski definition) is 39. The number of alkyl halides is 1. The number of halogens is 1. The molecule has 528 valence electrons. The first kappa shape index (κ1) is 73.7. The summed E-state index contributed by atoms with van der Waals surface area (Å²) in [4.78, 5) is 13.0. The lowest BCUT2D eigenvalue weighted by molar-refractivity contribution is -0.398. The smallest absolute Gasteiger partial charge is 0.231 e. The maximum absolute atomic E-state index is 13.0. The standard InChI is InChI=1S/C50H82BrNO39/c51-2-21(62)52-22-23(63)36-14(4-54)78-44(22)86-38-16(6-56)81-48(32(72)26(38)66)90-41-19(9-59)84-50(35(75)29(41)69)91-42-20(10-60)83-49(34(74)28(42)68)88-39-17(7-57)79-45(30(70)24(39)64)76-12-1-11(61)43(77-13(12)3-53)85-37-15(5-55)80-47(31(71)25(37)65)89-40-18(8-58)82-46(87-36)33(73)27(40)67/h11-20,22-50,53-61,63-75H,1-10H2,(H,52,62)/t11?,12-,13?,14?,15?,16?,17?,18?,19?,20?,22?,23+,24+,25+,26+,27+,28+,29+,30?,31?,32?,33?,34?,35?,36+,37+,38+,39+,40+,41+,42+,43+,44+,45-,46+,47+,48+,49+,50+/m0/s1. The highest BCUT2D eigenvalue weighted by molar-refractivity contribution is 9.09. The van der Waals surface area contributed by atoms with Crippen molar-refractivity contribution in [3.63, 3.8) is 0 Å². The van der Waals surface area contributed by atoms with Crippen LogP contribution in [0.2, 0.25) is 0 Å². The molecule has 0 spiro atoms. The summed E-state index contributed by atoms with van der Waals surface area (Å²) in [5.41, 5.74) is 0. The third-order valence-corrected chi connectivity index (χ3v) is 17.8. The Morgan fingerprint density at radius 2 is 0.505 bits per heavy atom. The molecule has 0 radical (unpaired) electrons. The van der Waals surface area contributed by atoms with Gasteiger partial charge < -0.3 is 193 Å². The summed E-state index contributed by atoms with van der Waals surface area (Å²) in [6.07, 6.45) is -75.3. The molecule has 0 aromatic rings. The summed E-state index contributed by atoms with van der Waals surface area (Å²) in [5.74, 6) is -0.860. The molecule has 30 heterocycles. The van der Waals surface area contributed by atoms with Crippen LogP contribution in [-0.4, -0.2) is 416 Å². The van der Waals surface area contributed by atoms with E-state index in [0.717, 1.165) is 0 Å². The molecule has 0 aromatic carbocycles. The molecule has 1 amide bonds. The van der Waals surface area contributed by atoms with Gasteiger partial charge in [-0.3, -0.25) is 4.79 Å². The first-order valence-electron chi connectivity index (χ1n) is 29.1. The van der Waals surface area contributed by atoms with E-state index in [1.165, 1.54) is 0 Å². The molecule has 39 atom stereocenters. The predicted octanol–water partition coefficient (Wildman–Crippen LogP) is -15.9. The van der Waals surface area contributed by atoms with Gasteiger partial charge in [-0.25, -0.2) is 0 Å². The van der Waals surface area contributed by atoms with E-state index in [2.05, 4.69) is 21.2 Å². The summed E-state index contributed by atoms with van der Waals surface area (Å²) in [6.45, 7) is -8.32. The van der Waals surface area contributed by atoms with Crippen LogP contribution in [0.5, 0.6) is 0 Å². The molecule has 30 aliphatic rings. The fourth-order valence-corrected chi connectivity index (χ4v) is 12.4. The second-order valence-electron chi connectivity index (χ2n) is 23.1. The van der Waals surface area contributed by atoms with Gasteiger partial charge in [0.05, 0.1) is 64.3 Å². The molecule has 0 saturated carbocycles. The van der Waals surface area contributed by atoms with E-state index in [9.17, 15) is 117 Å². The number of nitrogens with one attached hydrogen (secondary N) is 1. The number of ether oxygens (including phenoxy) is 16. The SMILES string of the molecule is O=C(CBr)NC1[C@@H]2OC(CO)[C@@H](O[C@H]3OC(CO)[C@@H](O[C@H]4OC(CO)[C@@H](O[C@H]5OC(CO)[C@H](CC5O)O[C@H]5OC(CO)[C@@H](O[C@H]6OC(CO)[C@@H](O[C@H]7OC(CO)[C@@H](O[C@H]8OC(CO)[C@@H](O2)[C@H](O)C8O)[C@H](O)C7O)[C@H](O)C6O)[C@H](O)C5O)[C@H](O)C4O)[C@H](O)C3O)[C@@H]1O. The largest absolute Gasteiger partial charge is 0.394 e. The van der Waals surface area contributed by atoms with E-state index in [0.29, 0.717) is 0 Å². The summed E-state index contributed by atoms with van der Waals surface area (Å²) >= 11 is 2.97. The van der Waals surface area contributed by atoms with Crippen molar-refractivity contribution in [2.75, 3.05) is 58.2 Å². The number of aliphatic hydroxyl groups excluding tert-OH is 22. The molecule has 30 rings (SSSR count). The van der Waals surface area contributed by atoms with Crippen molar-refractivity contribution in [3.05, 3.63) is 0 Å². The van der Waals surface area contributed by atoms with Crippen LogP contribution in [0.1, 0.15) is 6.42 Å². The molecule has 16 unspecified atom stereocenters. The first-order valence-corrected chi connectivity index (χ1v) is 30.3. The van der Waals surface area contributed by atoms with E-state index in [-0.39, 0.29) is 0 Å². The van der Waals surface area contributed by atoms with Gasteiger partial charge in [-0.05, 0) is 0 Å². The molecule has 40 nitrogen and oxygen atoms in total. The molecule has 23 N–H and O–H groups in total. The second kappa shape index (κ2) is 32.0. The maximum Gasteiger partial charge on any atom is 0.231 e. The third-order valence-electron chi connectivity index (χ3n) is 17.3. The van der Waals surface area contributed by atoms with Crippen molar-refractivity contribution < 1.29 is 193 Å². The average Bonchev–Trinajstić information content (AvgIpc) is 0.800. The molecule has 91 heavy (non-hydrogen) atoms. The lowest BCUT2D eigenvalue weighted by Gasteiger charge is -2.51. The first-order chi connectivity index (χ1) is 43.4. The van der Waals surface area contributed by atoms with Gasteiger partial charge in [0.25, 0.3) is 0 Å². The zero-order valence-electron chi connectivity index (χ0n) is 47.7. The molecule has 30 fully saturated rings. The van der Waals surface area contributed by atoms with Gasteiger partial charge in [0.2, 0.25) is 5.91 Å². The van der Waals surface area contributed by atoms with Gasteiger partial charge in [-0.1, -0.05) is 15.9 Å². The van der Waals surface area contributed by atoms with Gasteiger partial charge >= 0.3 is 0 Å². The van der Waals surface area contributed by atoms with Crippen LogP contribution in [0.4, 0.5) is 0 Å². The average molecular weight is 1400 g/mol. The Labute approximate surface area is 522 Å². The van der Waals surface area contributed by atoms with Crippen molar-refractivity contribution in [1.82, 2.24) is 5.32 Å². The molecule has 41 heteroatoms. The van der Waals surface area contributed by atoms with E-state index in [1.807, 2.05) is 0 Å². The van der Waals surface area contributed by atoms with E-state index >= 15 is 0 Å². The minimum Gasteiger partial charge on any atom is -0.394 e. The summed E-state index contributed by atoms with van der Waals surface area (Å²) in [7, 11) is 0. The Morgan fingerprint density at radius 1 is 0.286 bits per heavy atom. The van der Waals surface area contributed by atoms with Gasteiger partial charge in [-0.2, -0.15) is 0 Å². The highest BCUT2D eigenvalue weighted by atomic mass is 79.9. The number of rotatable bonds is 10. The molecule has 0 aliphatic carbocycles. The molecular weight excluding hydrogens is 1320 g/mol. The molecule has 16 bridgehead atoms. The highest BCUT2D eigenvalue weighted by Crippen LogP contribution is 2.40. The topological polar surface area (TPSA) is 622 Å². The number of hydrogen-bond donors (Lipinski definition) is 23. The minimum absolute atomic E-state index is 0.432. The lowest BCUT2D eigenvalue weighted by atomic mass is 9.94. The molecule has 30 aliphatic heterocycles. The fraction of sp³-hybridized carbons (Fsp3) is 0.980. The zero-order valence-corrected chi connectivity index (χ0v) is 49.3. The monoisotopic (exact) mass is 1400 g/mol. The summed E-state index contributed by atoms with van der Waals surface area (Å²) < 4.78 is 92.8. The van der Waals surface area contributed by atoms with Crippen LogP contribution in [0.25, 0.3) is 0 Å². The zero-order chi connectivity index (χ0) is 66.2. The minimum atomic E-state index is -2.26. The second-order valence-corrected chi connectivity index (χ2v) is 23.7. The van der Waals surface area contributed by atoms with Gasteiger partial charge in [0, 0.05) is 6.42 Å². The molecular formula is C50H82BrNO39. The van der Waals surface area contributed by atoms with Gasteiger partial charge in [0.1, 0.15) is 183 Å². The van der Waals surface area contributed by atoms with Crippen LogP contribution in [0.15, 0.2) is 0 Å². The Bertz CT molecular complexity index is 2260. The van der Waals surface area contributed by atoms with Crippen LogP contribution < -0.4 is 5.32 Å². The van der Waals surface area contributed by atoms with Crippen molar-refractivity contribution in [2.24, 2.45) is 0 Å². The maximum atomic E-state index is 13.0. The number of aliphatic hydroxyl groups is 22. The predicted molar refractivity (Wildman–Crippen MR) is 279 cm³/mol. The van der Waals surface area contributed by atoms with Crippen molar-refractivity contribution in [3.8, 4) is 0 Å². The van der Waals surface area contributed by atoms with Crippen LogP contribution >= 0.6 is 15.9 Å². The van der Waals surface area contributed by atoms with Crippen molar-refractivity contribution in [1.29, 1.82) is 0 Å². The number of carbonyl (C=O) groups is 1. The quantitative estimate of drug-likeness (QED) is 0.0903. The highest BCUT2D eigenvalue weighted by Gasteiger charge is 2.60. The van der Waals surface area contributed by atoms with Gasteiger partial charge in [-0.15, -0.1) is 0 Å². The Kier molecular flexibility index (Phi) is 25.9. The number of amides is 1. The Morgan fingerprint density at radius 3 is 0.769 bits per heavy atom. The van der Waals surface area contributed by atoms with Gasteiger partial charge in [0.15, 0.2) is 50.3 Å². The molecule has 0 aromatic heterocycles. The van der Waals surface area contributed by atoms with Crippen molar-refractivity contribution in [2.45, 2.75) is 246 Å². The fourth-order valence-electron chi connectivity index (χ4n) is 12.3. The summed E-state index contributed by atoms with van der Waals surface area (Å²) in [5, 5.41) is 247. The van der Waals surface area contributed by atoms with E-state index in [1.54, 1.807) is 0 Å². The molecule has 30 saturated heterocycles. The van der Waals surface area contributed by atoms with Crippen LogP contribution in [0.3, 0.4) is 0 Å². The van der Waals surface area contributed by atoms with E-state index in [4.69, 9.17) is 75.8 Å². The normalized spacial score (nSPS) is 53.0. The number of carbonyl (C=O) groups excluding carboxylic acids is 1. The van der Waals surface area contributed by atoms with Crippen LogP contribution in [0, 0.1) is 0 Å². The van der Waals surface area contributed by atoms with E-state index < -0.39 is 310 Å². The van der Waals surface area contributed by atoms with Crippen LogP contribution in [-0.2, 0) is 80.6 Å². The Hall–Kier alpha value is -1.57. The Balaban J connectivity index is 0.990. The summed E-state index contributed by atoms with van der Waals surface area (Å²) in [6, 6.07) is -1.82. The lowest BCUT2D eigenvalue weighted by Crippen LogP contribution is -2.70. The van der Waals surface area contributed by atoms with Crippen molar-refractivity contribution >= 4 is 21.8 Å². The third kappa shape index (κ3) is 15.2.